The van der Waals surface area contributed by atoms with Gasteiger partial charge < -0.3 is 55.6 Å². The predicted octanol–water partition coefficient (Wildman–Crippen LogP) is 1.76. The normalized spacial score (nSPS) is 16.9. The molecule has 0 aliphatic heterocycles. The molecule has 0 aliphatic carbocycles. The van der Waals surface area contributed by atoms with Crippen LogP contribution < -0.4 is 5.32 Å². The highest BCUT2D eigenvalue weighted by atomic mass is 16.6. The van der Waals surface area contributed by atoms with Crippen molar-refractivity contribution in [1.29, 1.82) is 0 Å². The number of unbranched alkanes of at least 4 members (excludes halogenated alkanes) is 2. The van der Waals surface area contributed by atoms with Crippen molar-refractivity contribution >= 4 is 41.6 Å². The molecule has 318 valence electrons. The van der Waals surface area contributed by atoms with E-state index >= 15 is 0 Å². The summed E-state index contributed by atoms with van der Waals surface area (Å²) in [6, 6.07) is -0.503. The molecule has 0 aromatic heterocycles. The standard InChI is InChI=1S/C37H63NO17/c1-5-6-9-22(3)35(55-34(49)17-25(37(52)53)15-32(46)47)30(54-33(48)16-24(36(50)51)14-31(44)45)13-21(2)12-26(40)10-7-8-11-27(41)18-29(43)23(4)38-19-28(42)20-39/h21-27,29-30,35,38-41,43H,5-20H2,1-4H3,(H,44,45)(H,46,47)(H,50,51)(H,52,53)/t21-,22+,23-,24?,25?,26-,27+,29-,30-,35-/m0/s1. The molecule has 10 atom stereocenters. The van der Waals surface area contributed by atoms with Crippen LogP contribution in [0.2, 0.25) is 0 Å². The molecular weight excluding hydrogens is 730 g/mol. The number of rotatable bonds is 33. The van der Waals surface area contributed by atoms with E-state index in [-0.39, 0.29) is 25.8 Å². The van der Waals surface area contributed by atoms with Gasteiger partial charge in [0.25, 0.3) is 0 Å². The fourth-order valence-electron chi connectivity index (χ4n) is 6.14. The zero-order valence-electron chi connectivity index (χ0n) is 32.3. The fraction of sp³-hybridized carbons (Fsp3) is 0.811. The molecule has 0 aromatic carbocycles. The third-order valence-corrected chi connectivity index (χ3v) is 9.38. The van der Waals surface area contributed by atoms with Gasteiger partial charge in [-0.15, -0.1) is 0 Å². The van der Waals surface area contributed by atoms with Crippen LogP contribution in [0.1, 0.15) is 118 Å². The van der Waals surface area contributed by atoms with Crippen molar-refractivity contribution in [2.45, 2.75) is 154 Å². The van der Waals surface area contributed by atoms with Crippen molar-refractivity contribution in [3.8, 4) is 0 Å². The third kappa shape index (κ3) is 23.7. The maximum atomic E-state index is 13.1. The van der Waals surface area contributed by atoms with Gasteiger partial charge in [0, 0.05) is 12.5 Å². The van der Waals surface area contributed by atoms with Crippen LogP contribution in [0.5, 0.6) is 0 Å². The highest BCUT2D eigenvalue weighted by Crippen LogP contribution is 2.29. The summed E-state index contributed by atoms with van der Waals surface area (Å²) in [7, 11) is 0. The van der Waals surface area contributed by atoms with Gasteiger partial charge in [-0.3, -0.25) is 33.6 Å². The van der Waals surface area contributed by atoms with Gasteiger partial charge in [0.2, 0.25) is 0 Å². The number of aliphatic carboxylic acids is 4. The number of carboxylic acid groups (broad SMARTS) is 4. The Balaban J connectivity index is 5.82. The molecule has 0 saturated carbocycles. The second kappa shape index (κ2) is 27.8. The van der Waals surface area contributed by atoms with E-state index in [1.807, 2.05) is 6.92 Å². The smallest absolute Gasteiger partial charge is 0.307 e. The summed E-state index contributed by atoms with van der Waals surface area (Å²) in [6.45, 7) is 6.28. The Morgan fingerprint density at radius 1 is 0.636 bits per heavy atom. The van der Waals surface area contributed by atoms with Gasteiger partial charge in [-0.05, 0) is 50.9 Å². The van der Waals surface area contributed by atoms with Gasteiger partial charge in [-0.25, -0.2) is 0 Å². The lowest BCUT2D eigenvalue weighted by molar-refractivity contribution is -0.177. The van der Waals surface area contributed by atoms with E-state index in [0.29, 0.717) is 38.5 Å². The van der Waals surface area contributed by atoms with E-state index in [1.165, 1.54) is 0 Å². The molecule has 0 bridgehead atoms. The Kier molecular flexibility index (Phi) is 25.9. The summed E-state index contributed by atoms with van der Waals surface area (Å²) < 4.78 is 11.4. The highest BCUT2D eigenvalue weighted by Gasteiger charge is 2.37. The van der Waals surface area contributed by atoms with E-state index in [2.05, 4.69) is 5.32 Å². The summed E-state index contributed by atoms with van der Waals surface area (Å²) in [5.74, 6) is -12.6. The Labute approximate surface area is 321 Å². The van der Waals surface area contributed by atoms with E-state index in [1.54, 1.807) is 20.8 Å². The number of hydrogen-bond donors (Lipinski definition) is 9. The quantitative estimate of drug-likeness (QED) is 0.0338. The van der Waals surface area contributed by atoms with Crippen LogP contribution in [0.4, 0.5) is 0 Å². The SMILES string of the molecule is CCCC[C@@H](C)[C@H](OC(=O)CC(CC(=O)O)C(=O)O)[C@H](C[C@@H](C)C[C@@H](O)CCCC[C@@H](O)C[C@H](O)[C@H](C)NCC(=O)CO)OC(=O)CC(CC(=O)O)C(=O)O. The Hall–Kier alpha value is -3.71. The molecule has 9 N–H and O–H groups in total. The number of ether oxygens (including phenoxy) is 2. The Bertz CT molecular complexity index is 1210. The lowest BCUT2D eigenvalue weighted by atomic mass is 9.87. The molecule has 0 spiro atoms. The minimum Gasteiger partial charge on any atom is -0.481 e. The Morgan fingerprint density at radius 3 is 1.58 bits per heavy atom. The monoisotopic (exact) mass is 793 g/mol. The zero-order valence-corrected chi connectivity index (χ0v) is 32.3. The van der Waals surface area contributed by atoms with Gasteiger partial charge >= 0.3 is 35.8 Å². The van der Waals surface area contributed by atoms with Crippen molar-refractivity contribution < 1.29 is 83.9 Å². The molecule has 0 amide bonds. The second-order valence-corrected chi connectivity index (χ2v) is 14.6. The zero-order chi connectivity index (χ0) is 42.2. The van der Waals surface area contributed by atoms with Gasteiger partial charge in [-0.2, -0.15) is 0 Å². The van der Waals surface area contributed by atoms with Crippen LogP contribution in [0.25, 0.3) is 0 Å². The maximum absolute atomic E-state index is 13.1. The first-order valence-corrected chi connectivity index (χ1v) is 18.9. The average Bonchev–Trinajstić information content (AvgIpc) is 3.08. The molecule has 0 heterocycles. The lowest BCUT2D eigenvalue weighted by Gasteiger charge is -2.33. The summed E-state index contributed by atoms with van der Waals surface area (Å²) >= 11 is 0. The molecule has 2 unspecified atom stereocenters. The first kappa shape index (κ1) is 51.3. The topological polar surface area (TPSA) is 312 Å². The summed E-state index contributed by atoms with van der Waals surface area (Å²) in [4.78, 5) is 83.2. The highest BCUT2D eigenvalue weighted by molar-refractivity contribution is 5.84. The predicted molar refractivity (Wildman–Crippen MR) is 194 cm³/mol. The van der Waals surface area contributed by atoms with Crippen molar-refractivity contribution in [3.05, 3.63) is 0 Å². The van der Waals surface area contributed by atoms with Gasteiger partial charge in [0.1, 0.15) is 18.8 Å². The number of esters is 2. The average molecular weight is 794 g/mol. The van der Waals surface area contributed by atoms with Crippen molar-refractivity contribution in [3.63, 3.8) is 0 Å². The molecule has 0 saturated heterocycles. The number of aliphatic hydroxyl groups excluding tert-OH is 4. The van der Waals surface area contributed by atoms with Crippen LogP contribution in [-0.4, -0.2) is 132 Å². The molecule has 0 rings (SSSR count). The van der Waals surface area contributed by atoms with Crippen LogP contribution in [0.15, 0.2) is 0 Å². The minimum absolute atomic E-state index is 0.00190. The summed E-state index contributed by atoms with van der Waals surface area (Å²) in [5.41, 5.74) is 0. The number of carbonyl (C=O) groups is 7. The molecule has 0 fully saturated rings. The molecule has 18 heteroatoms. The first-order valence-electron chi connectivity index (χ1n) is 18.9. The number of nitrogens with one attached hydrogen (secondary N) is 1. The van der Waals surface area contributed by atoms with E-state index in [9.17, 15) is 59.1 Å². The number of carbonyl (C=O) groups excluding carboxylic acids is 3. The molecule has 0 aromatic rings. The number of ketones is 1. The van der Waals surface area contributed by atoms with Crippen LogP contribution in [0.3, 0.4) is 0 Å². The molecule has 55 heavy (non-hydrogen) atoms. The number of aliphatic hydroxyl groups is 4. The van der Waals surface area contributed by atoms with Crippen LogP contribution >= 0.6 is 0 Å². The third-order valence-electron chi connectivity index (χ3n) is 9.38. The summed E-state index contributed by atoms with van der Waals surface area (Å²) in [6.07, 6.45) is -4.57. The van der Waals surface area contributed by atoms with Crippen molar-refractivity contribution in [2.75, 3.05) is 13.2 Å². The molecular formula is C37H63NO17. The van der Waals surface area contributed by atoms with E-state index in [4.69, 9.17) is 24.8 Å². The van der Waals surface area contributed by atoms with Crippen molar-refractivity contribution in [2.24, 2.45) is 23.7 Å². The molecule has 0 aliphatic rings. The lowest BCUT2D eigenvalue weighted by Crippen LogP contribution is -2.42. The second-order valence-electron chi connectivity index (χ2n) is 14.6. The van der Waals surface area contributed by atoms with Crippen LogP contribution in [-0.2, 0) is 43.0 Å². The summed E-state index contributed by atoms with van der Waals surface area (Å²) in [5, 5.41) is 80.3. The van der Waals surface area contributed by atoms with E-state index < -0.39 is 134 Å². The fourth-order valence-corrected chi connectivity index (χ4v) is 6.14. The van der Waals surface area contributed by atoms with Crippen molar-refractivity contribution in [1.82, 2.24) is 5.32 Å². The van der Waals surface area contributed by atoms with Gasteiger partial charge in [-0.1, -0.05) is 46.5 Å². The van der Waals surface area contributed by atoms with Crippen LogP contribution in [0, 0.1) is 23.7 Å². The number of hydrogen-bond acceptors (Lipinski definition) is 14. The Morgan fingerprint density at radius 2 is 1.13 bits per heavy atom. The van der Waals surface area contributed by atoms with Gasteiger partial charge in [0.05, 0.1) is 62.4 Å². The molecule has 0 radical (unpaired) electrons. The minimum atomic E-state index is -1.61. The number of Topliss-reactive ketones (excluding diaryl/α,β-unsaturated/α-hetero) is 1. The van der Waals surface area contributed by atoms with Gasteiger partial charge in [0.15, 0.2) is 5.78 Å². The number of carboxylic acids is 4. The molecule has 18 nitrogen and oxygen atoms in total. The maximum Gasteiger partial charge on any atom is 0.307 e. The first-order chi connectivity index (χ1) is 25.7. The largest absolute Gasteiger partial charge is 0.481 e. The van der Waals surface area contributed by atoms with E-state index in [0.717, 1.165) is 6.42 Å².